The Kier molecular flexibility index (Phi) is 7.12. The van der Waals surface area contributed by atoms with Gasteiger partial charge in [-0.25, -0.2) is 4.39 Å². The maximum Gasteiger partial charge on any atom is 0.431 e. The molecule has 0 aliphatic carbocycles. The third-order valence-electron chi connectivity index (χ3n) is 6.31. The van der Waals surface area contributed by atoms with E-state index in [1.807, 2.05) is 4.90 Å². The van der Waals surface area contributed by atoms with Crippen LogP contribution < -0.4 is 14.6 Å². The van der Waals surface area contributed by atoms with Crippen LogP contribution in [0.25, 0.3) is 0 Å². The topological polar surface area (TPSA) is 65.4 Å². The molecule has 188 valence electrons. The largest absolute Gasteiger partial charge is 0.490 e. The Morgan fingerprint density at radius 3 is 2.43 bits per heavy atom. The Labute approximate surface area is 204 Å². The van der Waals surface area contributed by atoms with Crippen molar-refractivity contribution in [2.75, 3.05) is 23.0 Å². The number of carbonyl (C=O) groups is 1. The molecular weight excluding hydrogens is 490 g/mol. The number of aliphatic carboxylic acids is 1. The van der Waals surface area contributed by atoms with Crippen LogP contribution in [0, 0.1) is 11.7 Å². The van der Waals surface area contributed by atoms with E-state index in [0.717, 1.165) is 5.01 Å². The van der Waals surface area contributed by atoms with Gasteiger partial charge in [-0.15, -0.1) is 0 Å². The summed E-state index contributed by atoms with van der Waals surface area (Å²) in [6, 6.07) is 9.87. The summed E-state index contributed by atoms with van der Waals surface area (Å²) in [4.78, 5) is 13.2. The summed E-state index contributed by atoms with van der Waals surface area (Å²) in [6.45, 7) is 2.49. The number of alkyl halides is 3. The third kappa shape index (κ3) is 5.63. The molecule has 2 aromatic carbocycles. The van der Waals surface area contributed by atoms with E-state index in [4.69, 9.17) is 16.3 Å². The molecule has 0 aromatic heterocycles. The predicted molar refractivity (Wildman–Crippen MR) is 125 cm³/mol. The second-order valence-electron chi connectivity index (χ2n) is 8.68. The minimum absolute atomic E-state index is 0.110. The van der Waals surface area contributed by atoms with E-state index < -0.39 is 36.2 Å². The zero-order chi connectivity index (χ0) is 25.3. The highest BCUT2D eigenvalue weighted by molar-refractivity contribution is 6.30. The Morgan fingerprint density at radius 1 is 1.17 bits per heavy atom. The van der Waals surface area contributed by atoms with Crippen molar-refractivity contribution in [2.24, 2.45) is 11.0 Å². The van der Waals surface area contributed by atoms with Gasteiger partial charge in [0.05, 0.1) is 23.8 Å². The van der Waals surface area contributed by atoms with Crippen LogP contribution in [-0.4, -0.2) is 48.2 Å². The van der Waals surface area contributed by atoms with Gasteiger partial charge >= 0.3 is 12.1 Å². The maximum atomic E-state index is 14.1. The minimum atomic E-state index is -4.64. The first-order valence-corrected chi connectivity index (χ1v) is 11.5. The number of hydrazone groups is 1. The molecule has 1 N–H and O–H groups in total. The Morgan fingerprint density at radius 2 is 1.83 bits per heavy atom. The molecule has 2 aliphatic rings. The minimum Gasteiger partial charge on any atom is -0.490 e. The van der Waals surface area contributed by atoms with E-state index in [0.29, 0.717) is 48.1 Å². The zero-order valence-corrected chi connectivity index (χ0v) is 19.6. The molecular formula is C24H24ClF4N3O3. The number of carboxylic acid groups (broad SMARTS) is 1. The molecule has 2 unspecified atom stereocenters. The molecule has 1 saturated heterocycles. The first-order chi connectivity index (χ1) is 16.5. The number of hydrogen-bond donors (Lipinski definition) is 1. The number of benzene rings is 2. The highest BCUT2D eigenvalue weighted by atomic mass is 35.5. The molecule has 0 radical (unpaired) electrons. The Bertz CT molecular complexity index is 1100. The van der Waals surface area contributed by atoms with Gasteiger partial charge in [0.15, 0.2) is 0 Å². The molecule has 0 saturated carbocycles. The van der Waals surface area contributed by atoms with Crippen LogP contribution in [0.4, 0.5) is 28.9 Å². The van der Waals surface area contributed by atoms with Crippen molar-refractivity contribution in [3.63, 3.8) is 0 Å². The van der Waals surface area contributed by atoms with E-state index in [9.17, 15) is 27.5 Å². The fourth-order valence-electron chi connectivity index (χ4n) is 4.49. The number of halogens is 5. The average Bonchev–Trinajstić information content (AvgIpc) is 3.12. The molecule has 0 spiro atoms. The van der Waals surface area contributed by atoms with Crippen LogP contribution in [0.5, 0.6) is 5.75 Å². The SMILES string of the molecule is CC1C(C(F)(F)F)=NN(c2ccc(OC3CCN(c4cc(Cl)ccc4F)CC3)cc2)C1CC(=O)O. The molecule has 6 nitrogen and oxygen atoms in total. The highest BCUT2D eigenvalue weighted by Crippen LogP contribution is 2.37. The van der Waals surface area contributed by atoms with Crippen molar-refractivity contribution in [1.29, 1.82) is 0 Å². The van der Waals surface area contributed by atoms with E-state index >= 15 is 0 Å². The van der Waals surface area contributed by atoms with Crippen molar-refractivity contribution in [3.8, 4) is 5.75 Å². The van der Waals surface area contributed by atoms with E-state index in [-0.39, 0.29) is 11.9 Å². The maximum absolute atomic E-state index is 14.1. The van der Waals surface area contributed by atoms with Crippen LogP contribution in [0.1, 0.15) is 26.2 Å². The molecule has 2 aromatic rings. The molecule has 2 atom stereocenters. The second kappa shape index (κ2) is 9.93. The van der Waals surface area contributed by atoms with Crippen LogP contribution >= 0.6 is 11.6 Å². The monoisotopic (exact) mass is 513 g/mol. The summed E-state index contributed by atoms with van der Waals surface area (Å²) in [5, 5.41) is 14.5. The predicted octanol–water partition coefficient (Wildman–Crippen LogP) is 5.74. The molecule has 1 fully saturated rings. The van der Waals surface area contributed by atoms with Gasteiger partial charge in [-0.2, -0.15) is 18.3 Å². The first kappa shape index (κ1) is 25.1. The smallest absolute Gasteiger partial charge is 0.431 e. The lowest BCUT2D eigenvalue weighted by molar-refractivity contribution is -0.137. The van der Waals surface area contributed by atoms with Gasteiger partial charge < -0.3 is 14.7 Å². The Balaban J connectivity index is 1.41. The summed E-state index contributed by atoms with van der Waals surface area (Å²) >= 11 is 5.99. The van der Waals surface area contributed by atoms with Crippen molar-refractivity contribution >= 4 is 34.7 Å². The third-order valence-corrected chi connectivity index (χ3v) is 6.54. The zero-order valence-electron chi connectivity index (χ0n) is 18.8. The fraction of sp³-hybridized carbons (Fsp3) is 0.417. The molecule has 11 heteroatoms. The number of carboxylic acids is 1. The summed E-state index contributed by atoms with van der Waals surface area (Å²) in [6.07, 6.45) is -3.93. The van der Waals surface area contributed by atoms with Gasteiger partial charge in [-0.3, -0.25) is 9.80 Å². The van der Waals surface area contributed by atoms with Crippen molar-refractivity contribution in [3.05, 3.63) is 53.3 Å². The summed E-state index contributed by atoms with van der Waals surface area (Å²) < 4.78 is 60.2. The molecule has 0 amide bonds. The fourth-order valence-corrected chi connectivity index (χ4v) is 4.66. The van der Waals surface area contributed by atoms with Crippen molar-refractivity contribution in [2.45, 2.75) is 44.5 Å². The van der Waals surface area contributed by atoms with Gasteiger partial charge in [0, 0.05) is 36.9 Å². The number of hydrogen-bond acceptors (Lipinski definition) is 5. The molecule has 35 heavy (non-hydrogen) atoms. The first-order valence-electron chi connectivity index (χ1n) is 11.2. The van der Waals surface area contributed by atoms with E-state index in [2.05, 4.69) is 5.10 Å². The lowest BCUT2D eigenvalue weighted by Crippen LogP contribution is -2.38. The van der Waals surface area contributed by atoms with Gasteiger partial charge in [0.25, 0.3) is 0 Å². The van der Waals surface area contributed by atoms with Crippen LogP contribution in [0.3, 0.4) is 0 Å². The lowest BCUT2D eigenvalue weighted by atomic mass is 9.94. The highest BCUT2D eigenvalue weighted by Gasteiger charge is 2.48. The quantitative estimate of drug-likeness (QED) is 0.499. The molecule has 2 heterocycles. The molecule has 0 bridgehead atoms. The van der Waals surface area contributed by atoms with Gasteiger partial charge in [-0.05, 0) is 42.5 Å². The van der Waals surface area contributed by atoms with Crippen LogP contribution in [0.2, 0.25) is 5.02 Å². The summed E-state index contributed by atoms with van der Waals surface area (Å²) in [7, 11) is 0. The summed E-state index contributed by atoms with van der Waals surface area (Å²) in [5.74, 6) is -2.09. The number of nitrogens with zero attached hydrogens (tertiary/aromatic N) is 3. The van der Waals surface area contributed by atoms with Crippen LogP contribution in [-0.2, 0) is 4.79 Å². The van der Waals surface area contributed by atoms with Crippen molar-refractivity contribution in [1.82, 2.24) is 0 Å². The lowest BCUT2D eigenvalue weighted by Gasteiger charge is -2.34. The van der Waals surface area contributed by atoms with Gasteiger partial charge in [-0.1, -0.05) is 18.5 Å². The normalized spacial score (nSPS) is 21.3. The summed E-state index contributed by atoms with van der Waals surface area (Å²) in [5.41, 5.74) is -0.192. The standard InChI is InChI=1S/C24H24ClF4N3O3/c1-14-20(13-22(33)34)32(30-23(14)24(27,28)29)16-3-5-17(6-4-16)35-18-8-10-31(11-9-18)21-12-15(25)2-7-19(21)26/h2-7,12,14,18,20H,8-11,13H2,1H3,(H,33,34). The number of piperidine rings is 1. The van der Waals surface area contributed by atoms with E-state index in [1.54, 1.807) is 30.3 Å². The molecule has 2 aliphatic heterocycles. The number of ether oxygens (including phenoxy) is 1. The van der Waals surface area contributed by atoms with Gasteiger partial charge in [0.2, 0.25) is 0 Å². The van der Waals surface area contributed by atoms with Crippen LogP contribution in [0.15, 0.2) is 47.6 Å². The Hall–Kier alpha value is -3.01. The van der Waals surface area contributed by atoms with Crippen molar-refractivity contribution < 1.29 is 32.2 Å². The number of rotatable bonds is 6. The average molecular weight is 514 g/mol. The second-order valence-corrected chi connectivity index (χ2v) is 9.11. The van der Waals surface area contributed by atoms with Gasteiger partial charge in [0.1, 0.15) is 23.4 Å². The van der Waals surface area contributed by atoms with E-state index in [1.165, 1.54) is 19.1 Å². The molecule has 4 rings (SSSR count). The number of anilines is 2.